The normalized spacial score (nSPS) is 10.6. The summed E-state index contributed by atoms with van der Waals surface area (Å²) in [6.07, 6.45) is 0. The molecule has 0 atom stereocenters. The number of benzene rings is 4. The number of hydrogen-bond donors (Lipinski definition) is 0. The summed E-state index contributed by atoms with van der Waals surface area (Å²) in [5.41, 5.74) is 0. The Morgan fingerprint density at radius 2 is 0.862 bits per heavy atom. The second kappa shape index (κ2) is 9.27. The Labute approximate surface area is 184 Å². The Kier molecular flexibility index (Phi) is 6.30. The smallest absolute Gasteiger partial charge is 0.128 e. The highest BCUT2D eigenvalue weighted by molar-refractivity contribution is 7.99. The first-order valence-electron chi connectivity index (χ1n) is 8.89. The molecule has 29 heavy (non-hydrogen) atoms. The van der Waals surface area contributed by atoms with Crippen molar-refractivity contribution in [3.63, 3.8) is 0 Å². The van der Waals surface area contributed by atoms with Gasteiger partial charge in [-0.3, -0.25) is 0 Å². The SMILES string of the molecule is Clc1cccc(Oc2cccc(Sc3cccc(Oc4cccc(Cl)c4)c3)c2)c1. The lowest BCUT2D eigenvalue weighted by molar-refractivity contribution is 0.481. The summed E-state index contributed by atoms with van der Waals surface area (Å²) in [6, 6.07) is 30.5. The van der Waals surface area contributed by atoms with Gasteiger partial charge in [0.15, 0.2) is 0 Å². The first-order chi connectivity index (χ1) is 14.1. The van der Waals surface area contributed by atoms with Gasteiger partial charge in [0.25, 0.3) is 0 Å². The Balaban J connectivity index is 1.48. The zero-order valence-corrected chi connectivity index (χ0v) is 17.5. The summed E-state index contributed by atoms with van der Waals surface area (Å²) in [7, 11) is 0. The van der Waals surface area contributed by atoms with Crippen LogP contribution in [-0.2, 0) is 0 Å². The highest BCUT2D eigenvalue weighted by Crippen LogP contribution is 2.34. The molecule has 2 nitrogen and oxygen atoms in total. The van der Waals surface area contributed by atoms with E-state index in [9.17, 15) is 0 Å². The molecule has 4 aromatic rings. The van der Waals surface area contributed by atoms with Crippen LogP contribution in [0.25, 0.3) is 0 Å². The molecule has 0 aliphatic rings. The van der Waals surface area contributed by atoms with E-state index < -0.39 is 0 Å². The number of halogens is 2. The first kappa shape index (κ1) is 19.7. The van der Waals surface area contributed by atoms with E-state index in [4.69, 9.17) is 32.7 Å². The monoisotopic (exact) mass is 438 g/mol. The quantitative estimate of drug-likeness (QED) is 0.299. The van der Waals surface area contributed by atoms with Crippen LogP contribution in [0.3, 0.4) is 0 Å². The number of ether oxygens (including phenoxy) is 2. The summed E-state index contributed by atoms with van der Waals surface area (Å²) >= 11 is 13.7. The predicted molar refractivity (Wildman–Crippen MR) is 120 cm³/mol. The average molecular weight is 439 g/mol. The van der Waals surface area contributed by atoms with Gasteiger partial charge >= 0.3 is 0 Å². The molecule has 0 amide bonds. The third-order valence-electron chi connectivity index (χ3n) is 3.91. The Bertz CT molecular complexity index is 1040. The van der Waals surface area contributed by atoms with Crippen LogP contribution >= 0.6 is 35.0 Å². The van der Waals surface area contributed by atoms with E-state index in [1.807, 2.05) is 84.9 Å². The fourth-order valence-corrected chi connectivity index (χ4v) is 3.95. The number of hydrogen-bond acceptors (Lipinski definition) is 3. The zero-order valence-electron chi connectivity index (χ0n) is 15.2. The minimum atomic E-state index is 0.643. The van der Waals surface area contributed by atoms with Crippen molar-refractivity contribution in [2.45, 2.75) is 9.79 Å². The summed E-state index contributed by atoms with van der Waals surface area (Å²) in [6.45, 7) is 0. The molecule has 4 aromatic carbocycles. The first-order valence-corrected chi connectivity index (χ1v) is 10.5. The van der Waals surface area contributed by atoms with E-state index in [0.717, 1.165) is 21.3 Å². The van der Waals surface area contributed by atoms with Crippen LogP contribution in [0.4, 0.5) is 0 Å². The molecule has 0 aliphatic heterocycles. The van der Waals surface area contributed by atoms with Crippen molar-refractivity contribution in [3.8, 4) is 23.0 Å². The van der Waals surface area contributed by atoms with Gasteiger partial charge in [-0.1, -0.05) is 59.2 Å². The lowest BCUT2D eigenvalue weighted by Crippen LogP contribution is -1.85. The zero-order chi connectivity index (χ0) is 20.1. The van der Waals surface area contributed by atoms with Crippen molar-refractivity contribution >= 4 is 35.0 Å². The molecule has 0 radical (unpaired) electrons. The largest absolute Gasteiger partial charge is 0.457 e. The fourth-order valence-electron chi connectivity index (χ4n) is 2.67. The molecule has 4 rings (SSSR count). The van der Waals surface area contributed by atoms with Crippen molar-refractivity contribution in [2.75, 3.05) is 0 Å². The van der Waals surface area contributed by atoms with Crippen molar-refractivity contribution in [1.82, 2.24) is 0 Å². The van der Waals surface area contributed by atoms with Crippen molar-refractivity contribution in [2.24, 2.45) is 0 Å². The molecule has 0 unspecified atom stereocenters. The van der Waals surface area contributed by atoms with Crippen LogP contribution in [-0.4, -0.2) is 0 Å². The second-order valence-corrected chi connectivity index (χ2v) is 8.19. The van der Waals surface area contributed by atoms with E-state index >= 15 is 0 Å². The predicted octanol–water partition coefficient (Wildman–Crippen LogP) is 8.73. The molecule has 144 valence electrons. The third kappa shape index (κ3) is 5.70. The van der Waals surface area contributed by atoms with Crippen molar-refractivity contribution in [1.29, 1.82) is 0 Å². The van der Waals surface area contributed by atoms with Gasteiger partial charge in [0.1, 0.15) is 23.0 Å². The standard InChI is InChI=1S/C24H16Cl2O2S/c25-17-5-1-7-19(13-17)27-21-9-3-11-23(15-21)29-24-12-4-10-22(16-24)28-20-8-2-6-18(26)14-20/h1-16H. The van der Waals surface area contributed by atoms with Gasteiger partial charge in [0, 0.05) is 19.8 Å². The van der Waals surface area contributed by atoms with Crippen LogP contribution in [0.5, 0.6) is 23.0 Å². The van der Waals surface area contributed by atoms with E-state index in [2.05, 4.69) is 0 Å². The molecule has 0 saturated heterocycles. The molecule has 5 heteroatoms. The molecule has 0 heterocycles. The second-order valence-electron chi connectivity index (χ2n) is 6.17. The minimum Gasteiger partial charge on any atom is -0.457 e. The van der Waals surface area contributed by atoms with Gasteiger partial charge in [0.2, 0.25) is 0 Å². The molecule has 0 fully saturated rings. The molecular weight excluding hydrogens is 423 g/mol. The lowest BCUT2D eigenvalue weighted by atomic mass is 10.3. The van der Waals surface area contributed by atoms with E-state index in [-0.39, 0.29) is 0 Å². The van der Waals surface area contributed by atoms with Crippen molar-refractivity contribution < 1.29 is 9.47 Å². The highest BCUT2D eigenvalue weighted by Gasteiger charge is 2.04. The van der Waals surface area contributed by atoms with Crippen LogP contribution in [0.15, 0.2) is 107 Å². The Hall–Kier alpha value is -2.59. The van der Waals surface area contributed by atoms with Gasteiger partial charge < -0.3 is 9.47 Å². The van der Waals surface area contributed by atoms with Crippen molar-refractivity contribution in [3.05, 3.63) is 107 Å². The molecular formula is C24H16Cl2O2S. The maximum atomic E-state index is 6.03. The average Bonchev–Trinajstić information content (AvgIpc) is 2.69. The molecule has 0 aliphatic carbocycles. The third-order valence-corrected chi connectivity index (χ3v) is 5.36. The maximum absolute atomic E-state index is 6.03. The maximum Gasteiger partial charge on any atom is 0.128 e. The van der Waals surface area contributed by atoms with Crippen LogP contribution in [0, 0.1) is 0 Å². The van der Waals surface area contributed by atoms with Gasteiger partial charge in [-0.25, -0.2) is 0 Å². The molecule has 0 saturated carbocycles. The number of rotatable bonds is 6. The Morgan fingerprint density at radius 1 is 0.483 bits per heavy atom. The van der Waals surface area contributed by atoms with E-state index in [0.29, 0.717) is 21.5 Å². The van der Waals surface area contributed by atoms with Gasteiger partial charge in [0.05, 0.1) is 0 Å². The fraction of sp³-hybridized carbons (Fsp3) is 0. The summed E-state index contributed by atoms with van der Waals surface area (Å²) in [5, 5.41) is 1.29. The molecule has 0 spiro atoms. The Morgan fingerprint density at radius 3 is 1.28 bits per heavy atom. The summed E-state index contributed by atoms with van der Waals surface area (Å²) in [4.78, 5) is 2.12. The minimum absolute atomic E-state index is 0.643. The van der Waals surface area contributed by atoms with Gasteiger partial charge in [-0.2, -0.15) is 0 Å². The lowest BCUT2D eigenvalue weighted by Gasteiger charge is -2.09. The molecule has 0 aromatic heterocycles. The molecule has 0 bridgehead atoms. The van der Waals surface area contributed by atoms with Gasteiger partial charge in [-0.05, 0) is 72.8 Å². The van der Waals surface area contributed by atoms with Crippen LogP contribution in [0.2, 0.25) is 10.0 Å². The van der Waals surface area contributed by atoms with E-state index in [1.165, 1.54) is 0 Å². The summed E-state index contributed by atoms with van der Waals surface area (Å²) in [5.74, 6) is 2.92. The summed E-state index contributed by atoms with van der Waals surface area (Å²) < 4.78 is 11.8. The van der Waals surface area contributed by atoms with E-state index in [1.54, 1.807) is 23.9 Å². The molecule has 0 N–H and O–H groups in total. The van der Waals surface area contributed by atoms with Crippen LogP contribution < -0.4 is 9.47 Å². The van der Waals surface area contributed by atoms with Crippen LogP contribution in [0.1, 0.15) is 0 Å². The topological polar surface area (TPSA) is 18.5 Å². The van der Waals surface area contributed by atoms with Gasteiger partial charge in [-0.15, -0.1) is 0 Å². The highest BCUT2D eigenvalue weighted by atomic mass is 35.5.